The Kier molecular flexibility index (Phi) is 5.95. The lowest BCUT2D eigenvalue weighted by Gasteiger charge is -2.24. The molecule has 1 atom stereocenters. The van der Waals surface area contributed by atoms with Gasteiger partial charge in [-0.2, -0.15) is 0 Å². The molecule has 0 aliphatic heterocycles. The zero-order valence-corrected chi connectivity index (χ0v) is 12.2. The van der Waals surface area contributed by atoms with Crippen LogP contribution in [0.5, 0.6) is 0 Å². The van der Waals surface area contributed by atoms with Gasteiger partial charge in [-0.05, 0) is 47.5 Å². The fourth-order valence-electron chi connectivity index (χ4n) is 1.69. The molecule has 0 saturated carbocycles. The van der Waals surface area contributed by atoms with Gasteiger partial charge in [-0.1, -0.05) is 6.07 Å². The van der Waals surface area contributed by atoms with Gasteiger partial charge in [-0.15, -0.1) is 0 Å². The summed E-state index contributed by atoms with van der Waals surface area (Å²) in [5.74, 6) is 0. The van der Waals surface area contributed by atoms with E-state index in [0.29, 0.717) is 6.61 Å². The Bertz CT molecular complexity index is 355. The van der Waals surface area contributed by atoms with Crippen LogP contribution in [0.3, 0.4) is 0 Å². The zero-order chi connectivity index (χ0) is 12.8. The third kappa shape index (κ3) is 3.98. The summed E-state index contributed by atoms with van der Waals surface area (Å²) >= 11 is 3.56. The lowest BCUT2D eigenvalue weighted by molar-refractivity contribution is 0.199. The molecule has 0 aliphatic carbocycles. The second kappa shape index (κ2) is 6.99. The maximum absolute atomic E-state index is 9.52. The van der Waals surface area contributed by atoms with E-state index in [9.17, 15) is 5.11 Å². The highest BCUT2D eigenvalue weighted by Crippen LogP contribution is 2.29. The van der Waals surface area contributed by atoms with Gasteiger partial charge in [0.1, 0.15) is 0 Å². The number of hydrogen-bond acceptors (Lipinski definition) is 3. The number of aliphatic hydroxyl groups is 1. The van der Waals surface area contributed by atoms with E-state index in [4.69, 9.17) is 4.74 Å². The van der Waals surface area contributed by atoms with Crippen molar-refractivity contribution in [2.75, 3.05) is 31.7 Å². The van der Waals surface area contributed by atoms with Crippen LogP contribution in [0.2, 0.25) is 0 Å². The average Bonchev–Trinajstić information content (AvgIpc) is 2.31. The summed E-state index contributed by atoms with van der Waals surface area (Å²) in [6, 6.07) is 5.96. The molecule has 1 aromatic rings. The highest BCUT2D eigenvalue weighted by atomic mass is 79.9. The molecule has 0 aromatic heterocycles. The van der Waals surface area contributed by atoms with Gasteiger partial charge in [0.25, 0.3) is 0 Å². The van der Waals surface area contributed by atoms with Crippen LogP contribution >= 0.6 is 15.9 Å². The molecule has 0 bridgehead atoms. The van der Waals surface area contributed by atoms with E-state index in [-0.39, 0.29) is 0 Å². The van der Waals surface area contributed by atoms with E-state index in [1.165, 1.54) is 0 Å². The number of hydrogen-bond donors (Lipinski definition) is 1. The summed E-state index contributed by atoms with van der Waals surface area (Å²) < 4.78 is 6.11. The molecule has 0 saturated heterocycles. The van der Waals surface area contributed by atoms with Crippen LogP contribution in [0.25, 0.3) is 0 Å². The lowest BCUT2D eigenvalue weighted by Crippen LogP contribution is -2.27. The Hall–Kier alpha value is -0.580. The summed E-state index contributed by atoms with van der Waals surface area (Å²) in [7, 11) is 1.71. The standard InChI is InChI=1S/C13H20BrNO2/c1-4-15(7-8-17-3)13-6-5-11(10(2)16)9-12(13)14/h5-6,9-10,16H,4,7-8H2,1-3H3/t10-/m0/s1. The smallest absolute Gasteiger partial charge is 0.0762 e. The monoisotopic (exact) mass is 301 g/mol. The molecule has 0 unspecified atom stereocenters. The maximum atomic E-state index is 9.52. The summed E-state index contributed by atoms with van der Waals surface area (Å²) in [5, 5.41) is 9.52. The largest absolute Gasteiger partial charge is 0.389 e. The van der Waals surface area contributed by atoms with Crippen molar-refractivity contribution < 1.29 is 9.84 Å². The van der Waals surface area contributed by atoms with Crippen LogP contribution in [0.15, 0.2) is 22.7 Å². The number of halogens is 1. The zero-order valence-electron chi connectivity index (χ0n) is 10.6. The molecular weight excluding hydrogens is 282 g/mol. The van der Waals surface area contributed by atoms with Crippen molar-refractivity contribution in [1.29, 1.82) is 0 Å². The minimum absolute atomic E-state index is 0.436. The van der Waals surface area contributed by atoms with Gasteiger partial charge in [0.2, 0.25) is 0 Å². The molecule has 1 rings (SSSR count). The van der Waals surface area contributed by atoms with Gasteiger partial charge in [0.05, 0.1) is 18.4 Å². The van der Waals surface area contributed by atoms with Gasteiger partial charge in [0, 0.05) is 24.7 Å². The highest BCUT2D eigenvalue weighted by Gasteiger charge is 2.10. The van der Waals surface area contributed by atoms with E-state index in [2.05, 4.69) is 27.8 Å². The van der Waals surface area contributed by atoms with Gasteiger partial charge in [0.15, 0.2) is 0 Å². The van der Waals surface area contributed by atoms with Crippen molar-refractivity contribution in [2.24, 2.45) is 0 Å². The molecule has 4 heteroatoms. The minimum atomic E-state index is -0.436. The SMILES string of the molecule is CCN(CCOC)c1ccc([C@H](C)O)cc1Br. The van der Waals surface area contributed by atoms with Gasteiger partial charge in [-0.3, -0.25) is 0 Å². The molecule has 96 valence electrons. The molecule has 1 N–H and O–H groups in total. The van der Waals surface area contributed by atoms with Crippen molar-refractivity contribution in [3.8, 4) is 0 Å². The van der Waals surface area contributed by atoms with Crippen molar-refractivity contribution >= 4 is 21.6 Å². The molecule has 3 nitrogen and oxygen atoms in total. The highest BCUT2D eigenvalue weighted by molar-refractivity contribution is 9.10. The number of nitrogens with zero attached hydrogens (tertiary/aromatic N) is 1. The fraction of sp³-hybridized carbons (Fsp3) is 0.538. The van der Waals surface area contributed by atoms with Gasteiger partial charge >= 0.3 is 0 Å². The van der Waals surface area contributed by atoms with Crippen LogP contribution in [0.4, 0.5) is 5.69 Å². The van der Waals surface area contributed by atoms with E-state index in [1.807, 2.05) is 18.2 Å². The number of anilines is 1. The first kappa shape index (κ1) is 14.5. The Morgan fingerprint density at radius 2 is 2.18 bits per heavy atom. The predicted octanol–water partition coefficient (Wildman–Crippen LogP) is 2.98. The van der Waals surface area contributed by atoms with Crippen LogP contribution in [-0.4, -0.2) is 31.9 Å². The molecule has 17 heavy (non-hydrogen) atoms. The molecule has 0 radical (unpaired) electrons. The fourth-order valence-corrected chi connectivity index (χ4v) is 2.34. The Balaban J connectivity index is 2.88. The van der Waals surface area contributed by atoms with Crippen LogP contribution in [-0.2, 0) is 4.74 Å². The van der Waals surface area contributed by atoms with E-state index < -0.39 is 6.10 Å². The molecule has 0 aliphatic rings. The van der Waals surface area contributed by atoms with Crippen LogP contribution in [0.1, 0.15) is 25.5 Å². The Labute approximate surface area is 112 Å². The third-order valence-electron chi connectivity index (χ3n) is 2.74. The Morgan fingerprint density at radius 3 is 2.65 bits per heavy atom. The van der Waals surface area contributed by atoms with E-state index in [1.54, 1.807) is 14.0 Å². The number of aliphatic hydroxyl groups excluding tert-OH is 1. The van der Waals surface area contributed by atoms with Crippen molar-refractivity contribution in [2.45, 2.75) is 20.0 Å². The van der Waals surface area contributed by atoms with E-state index in [0.717, 1.165) is 28.8 Å². The van der Waals surface area contributed by atoms with Crippen LogP contribution < -0.4 is 4.90 Å². The van der Waals surface area contributed by atoms with Crippen molar-refractivity contribution in [3.63, 3.8) is 0 Å². The maximum Gasteiger partial charge on any atom is 0.0762 e. The normalized spacial score (nSPS) is 12.5. The third-order valence-corrected chi connectivity index (χ3v) is 3.38. The molecule has 1 aromatic carbocycles. The molecule has 0 spiro atoms. The van der Waals surface area contributed by atoms with Gasteiger partial charge in [-0.25, -0.2) is 0 Å². The average molecular weight is 302 g/mol. The van der Waals surface area contributed by atoms with Crippen molar-refractivity contribution in [1.82, 2.24) is 0 Å². The minimum Gasteiger partial charge on any atom is -0.389 e. The topological polar surface area (TPSA) is 32.7 Å². The number of likely N-dealkylation sites (N-methyl/N-ethyl adjacent to an activating group) is 1. The number of benzene rings is 1. The first-order valence-electron chi connectivity index (χ1n) is 5.81. The van der Waals surface area contributed by atoms with Crippen LogP contribution in [0, 0.1) is 0 Å². The number of rotatable bonds is 6. The summed E-state index contributed by atoms with van der Waals surface area (Å²) in [4.78, 5) is 2.24. The molecular formula is C13H20BrNO2. The molecule has 0 fully saturated rings. The summed E-state index contributed by atoms with van der Waals surface area (Å²) in [6.07, 6.45) is -0.436. The summed E-state index contributed by atoms with van der Waals surface area (Å²) in [5.41, 5.74) is 2.05. The first-order chi connectivity index (χ1) is 8.10. The second-order valence-electron chi connectivity index (χ2n) is 3.96. The molecule has 0 heterocycles. The Morgan fingerprint density at radius 1 is 1.47 bits per heavy atom. The number of ether oxygens (including phenoxy) is 1. The predicted molar refractivity (Wildman–Crippen MR) is 74.5 cm³/mol. The second-order valence-corrected chi connectivity index (χ2v) is 4.81. The quantitative estimate of drug-likeness (QED) is 0.877. The number of methoxy groups -OCH3 is 1. The van der Waals surface area contributed by atoms with Gasteiger partial charge < -0.3 is 14.7 Å². The van der Waals surface area contributed by atoms with Crippen molar-refractivity contribution in [3.05, 3.63) is 28.2 Å². The summed E-state index contributed by atoms with van der Waals surface area (Å²) in [6.45, 7) is 6.38. The first-order valence-corrected chi connectivity index (χ1v) is 6.60. The van der Waals surface area contributed by atoms with E-state index >= 15 is 0 Å². The lowest BCUT2D eigenvalue weighted by atomic mass is 10.1. The molecule has 0 amide bonds.